The topological polar surface area (TPSA) is 194 Å². The first kappa shape index (κ1) is 20.5. The molecule has 0 aliphatic carbocycles. The molecule has 24 heavy (non-hydrogen) atoms. The van der Waals surface area contributed by atoms with Gasteiger partial charge in [0.05, 0.1) is 25.2 Å². The Morgan fingerprint density at radius 1 is 1.29 bits per heavy atom. The maximum atomic E-state index is 11.7. The molecule has 1 heterocycles. The molecule has 0 saturated carbocycles. The van der Waals surface area contributed by atoms with Gasteiger partial charge in [-0.3, -0.25) is 9.63 Å². The third kappa shape index (κ3) is 3.93. The van der Waals surface area contributed by atoms with Gasteiger partial charge in [-0.05, 0) is 13.8 Å². The fourth-order valence-electron chi connectivity index (χ4n) is 2.27. The number of ether oxygens (including phenoxy) is 1. The van der Waals surface area contributed by atoms with Gasteiger partial charge in [-0.25, -0.2) is 25.9 Å². The van der Waals surface area contributed by atoms with Gasteiger partial charge in [0.25, 0.3) is 0 Å². The summed E-state index contributed by atoms with van der Waals surface area (Å²) in [5.74, 6) is -2.58. The zero-order valence-electron chi connectivity index (χ0n) is 12.6. The summed E-state index contributed by atoms with van der Waals surface area (Å²) in [5.41, 5.74) is 0. The van der Waals surface area contributed by atoms with Crippen LogP contribution in [-0.4, -0.2) is 77.2 Å². The van der Waals surface area contributed by atoms with E-state index in [1.807, 2.05) is 0 Å². The summed E-state index contributed by atoms with van der Waals surface area (Å²) in [6, 6.07) is -1.57. The van der Waals surface area contributed by atoms with Crippen molar-refractivity contribution < 1.29 is 50.2 Å². The van der Waals surface area contributed by atoms with Crippen molar-refractivity contribution in [2.45, 2.75) is 32.1 Å². The molecule has 1 fully saturated rings. The Morgan fingerprint density at radius 3 is 2.12 bits per heavy atom. The highest BCUT2D eigenvalue weighted by atomic mass is 32.2. The second kappa shape index (κ2) is 6.77. The molecule has 1 N–H and O–H groups in total. The van der Waals surface area contributed by atoms with Gasteiger partial charge in [0, 0.05) is 0 Å². The first-order valence-electron chi connectivity index (χ1n) is 6.21. The van der Waals surface area contributed by atoms with Crippen LogP contribution in [0.3, 0.4) is 0 Å². The molecule has 4 atom stereocenters. The van der Waals surface area contributed by atoms with Crippen LogP contribution in [0.2, 0.25) is 0 Å². The first-order valence-corrected chi connectivity index (χ1v) is 8.94. The van der Waals surface area contributed by atoms with Crippen LogP contribution in [0.4, 0.5) is 4.79 Å². The van der Waals surface area contributed by atoms with Crippen LogP contribution in [-0.2, 0) is 35.0 Å². The molecule has 140 valence electrons. The van der Waals surface area contributed by atoms with E-state index < -0.39 is 61.2 Å². The highest BCUT2D eigenvalue weighted by Crippen LogP contribution is 2.35. The molecular formula is C9H14N2O11S2-2. The number of carbonyl (C=O) groups is 2. The number of β-lactam (4-membered cyclic amide) rings is 1. The van der Waals surface area contributed by atoms with Crippen LogP contribution in [0.15, 0.2) is 0 Å². The molecule has 13 nitrogen and oxygen atoms in total. The van der Waals surface area contributed by atoms with Crippen LogP contribution < -0.4 is 0 Å². The van der Waals surface area contributed by atoms with E-state index >= 15 is 0 Å². The van der Waals surface area contributed by atoms with E-state index in [1.54, 1.807) is 0 Å². The average molecular weight is 390 g/mol. The fraction of sp³-hybridized carbons (Fsp3) is 0.778. The fourth-order valence-corrected chi connectivity index (χ4v) is 3.62. The second-order valence-corrected chi connectivity index (χ2v) is 7.24. The lowest BCUT2D eigenvalue weighted by atomic mass is 9.83. The molecule has 2 amide bonds. The minimum absolute atomic E-state index is 0.134. The van der Waals surface area contributed by atoms with E-state index in [4.69, 9.17) is 0 Å². The molecule has 0 aromatic rings. The van der Waals surface area contributed by atoms with Gasteiger partial charge in [0.1, 0.15) is 6.10 Å². The lowest BCUT2D eigenvalue weighted by Gasteiger charge is -2.50. The number of hydrogen-bond donors (Lipinski definition) is 1. The summed E-state index contributed by atoms with van der Waals surface area (Å²) in [5, 5.41) is 9.50. The Morgan fingerprint density at radius 2 is 1.79 bits per heavy atom. The zero-order valence-corrected chi connectivity index (χ0v) is 14.2. The van der Waals surface area contributed by atoms with Gasteiger partial charge in [-0.2, -0.15) is 0 Å². The van der Waals surface area contributed by atoms with E-state index in [9.17, 15) is 40.6 Å². The summed E-state index contributed by atoms with van der Waals surface area (Å²) in [4.78, 5) is 27.3. The Labute approximate surface area is 137 Å². The Hall–Kier alpha value is -1.52. The minimum Gasteiger partial charge on any atom is -0.731 e. The molecule has 0 unspecified atom stereocenters. The Kier molecular flexibility index (Phi) is 5.79. The highest BCUT2D eigenvalue weighted by Gasteiger charge is 2.56. The smallest absolute Gasteiger partial charge is 0.448 e. The van der Waals surface area contributed by atoms with Gasteiger partial charge < -0.3 is 18.9 Å². The maximum Gasteiger partial charge on any atom is 0.448 e. The van der Waals surface area contributed by atoms with Gasteiger partial charge in [-0.1, -0.05) is 4.47 Å². The van der Waals surface area contributed by atoms with Crippen molar-refractivity contribution in [3.63, 3.8) is 0 Å². The number of aliphatic hydroxyl groups is 1. The van der Waals surface area contributed by atoms with Gasteiger partial charge in [0.15, 0.2) is 10.3 Å². The highest BCUT2D eigenvalue weighted by molar-refractivity contribution is 7.84. The van der Waals surface area contributed by atoms with Crippen molar-refractivity contribution >= 4 is 32.6 Å². The lowest BCUT2D eigenvalue weighted by molar-refractivity contribution is -0.162. The van der Waals surface area contributed by atoms with E-state index in [0.29, 0.717) is 7.11 Å². The Balaban J connectivity index is 3.04. The van der Waals surface area contributed by atoms with Gasteiger partial charge in [0.2, 0.25) is 16.2 Å². The summed E-state index contributed by atoms with van der Waals surface area (Å²) < 4.78 is 69.4. The van der Waals surface area contributed by atoms with Crippen LogP contribution in [0.5, 0.6) is 0 Å². The van der Waals surface area contributed by atoms with Crippen molar-refractivity contribution in [1.29, 1.82) is 0 Å². The van der Waals surface area contributed by atoms with E-state index in [-0.39, 0.29) is 4.31 Å². The first-order chi connectivity index (χ1) is 10.7. The maximum absolute atomic E-state index is 11.7. The van der Waals surface area contributed by atoms with E-state index in [1.165, 1.54) is 0 Å². The molecule has 1 aliphatic rings. The van der Waals surface area contributed by atoms with Crippen LogP contribution >= 0.6 is 0 Å². The van der Waals surface area contributed by atoms with E-state index in [2.05, 4.69) is 9.57 Å². The molecular weight excluding hydrogens is 376 g/mol. The monoisotopic (exact) mass is 390 g/mol. The summed E-state index contributed by atoms with van der Waals surface area (Å²) in [6.07, 6.45) is -4.76. The molecule has 0 spiro atoms. The number of carbonyl (C=O) groups excluding carboxylic acids is 2. The van der Waals surface area contributed by atoms with Gasteiger partial charge in [-0.15, -0.1) is 0 Å². The number of amides is 2. The van der Waals surface area contributed by atoms with Crippen molar-refractivity contribution in [2.24, 2.45) is 5.92 Å². The number of hydroxylamine groups is 1. The normalized spacial score (nSPS) is 24.1. The molecule has 15 heteroatoms. The lowest BCUT2D eigenvalue weighted by Crippen LogP contribution is -2.69. The van der Waals surface area contributed by atoms with Gasteiger partial charge >= 0.3 is 6.09 Å². The predicted molar refractivity (Wildman–Crippen MR) is 70.0 cm³/mol. The molecule has 1 aliphatic heterocycles. The number of hydrogen-bond acceptors (Lipinski definition) is 11. The molecule has 1 saturated heterocycles. The molecule has 0 aromatic carbocycles. The molecule has 0 bridgehead atoms. The van der Waals surface area contributed by atoms with Crippen LogP contribution in [0.25, 0.3) is 0 Å². The van der Waals surface area contributed by atoms with Crippen molar-refractivity contribution in [3.05, 3.63) is 0 Å². The molecule has 1 rings (SSSR count). The molecule has 0 aromatic heterocycles. The number of aliphatic hydroxyl groups excluding tert-OH is 1. The quantitative estimate of drug-likeness (QED) is 0.286. The third-order valence-corrected chi connectivity index (χ3v) is 4.80. The van der Waals surface area contributed by atoms with Crippen LogP contribution in [0, 0.1) is 5.92 Å². The predicted octanol–water partition coefficient (Wildman–Crippen LogP) is -2.50. The molecule has 0 radical (unpaired) electrons. The van der Waals surface area contributed by atoms with Crippen molar-refractivity contribution in [3.8, 4) is 0 Å². The third-order valence-electron chi connectivity index (χ3n) is 3.19. The number of rotatable bonds is 6. The van der Waals surface area contributed by atoms with Crippen molar-refractivity contribution in [1.82, 2.24) is 8.77 Å². The second-order valence-electron chi connectivity index (χ2n) is 4.81. The SMILES string of the molecule is CON(C(=O)O[C@@H](C)[C@@H]1[C@@H]([C@@H](C)O)C(=O)N1S(=O)(=O)[O-])S(=O)(=O)[O-]. The van der Waals surface area contributed by atoms with Crippen LogP contribution in [0.1, 0.15) is 13.8 Å². The Bertz CT molecular complexity index is 716. The standard InChI is InChI=1S/C9H16N2O11S2/c1-4(12)6-7(10(8(6)13)23(15,16)17)5(2)22-9(14)11(21-3)24(18,19)20/h4-7,12H,1-3H3,(H,15,16,17)(H,18,19,20)/p-2/t4-,5+,6-,7-/m1/s1. The summed E-state index contributed by atoms with van der Waals surface area (Å²) in [6.45, 7) is 2.18. The number of nitrogens with zero attached hydrogens (tertiary/aromatic N) is 2. The zero-order chi connectivity index (χ0) is 19.0. The average Bonchev–Trinajstić information content (AvgIpc) is 2.31. The van der Waals surface area contributed by atoms with E-state index in [0.717, 1.165) is 13.8 Å². The largest absolute Gasteiger partial charge is 0.731 e. The minimum atomic E-state index is -5.38. The summed E-state index contributed by atoms with van der Waals surface area (Å²) >= 11 is 0. The summed E-state index contributed by atoms with van der Waals surface area (Å²) in [7, 11) is -9.96. The van der Waals surface area contributed by atoms with Crippen molar-refractivity contribution in [2.75, 3.05) is 7.11 Å².